The standard InChI is InChI=1S/C23H27N5O2/c1-14-9-10-19(23(14,2)3)27-20-17(21(24)29)12-25-28-13-16(11-18(20)28)26-22(30)15-7-5-4-6-8-15/h4-8,11-14,19,27H,9-10H2,1-3H3,(H2,24,29)(H,26,30)/t14-,19+/m0/s1. The van der Waals surface area contributed by atoms with Gasteiger partial charge in [-0.05, 0) is 42.4 Å². The number of aromatic nitrogens is 2. The number of hydrogen-bond acceptors (Lipinski definition) is 4. The predicted octanol–water partition coefficient (Wildman–Crippen LogP) is 3.92. The van der Waals surface area contributed by atoms with Crippen molar-refractivity contribution in [3.8, 4) is 0 Å². The highest BCUT2D eigenvalue weighted by atomic mass is 16.2. The first kappa shape index (κ1) is 19.9. The van der Waals surface area contributed by atoms with Crippen LogP contribution in [0.1, 0.15) is 54.3 Å². The average Bonchev–Trinajstić information content (AvgIpc) is 3.23. The first-order chi connectivity index (χ1) is 14.3. The SMILES string of the molecule is C[C@H]1CC[C@@H](Nc2c(C(N)=O)cnn3cc(NC(=O)c4ccccc4)cc23)C1(C)C. The van der Waals surface area contributed by atoms with Crippen LogP contribution in [0.15, 0.2) is 48.8 Å². The van der Waals surface area contributed by atoms with Gasteiger partial charge in [-0.15, -0.1) is 0 Å². The summed E-state index contributed by atoms with van der Waals surface area (Å²) in [5.41, 5.74) is 8.58. The first-order valence-corrected chi connectivity index (χ1v) is 10.2. The lowest BCUT2D eigenvalue weighted by Crippen LogP contribution is -2.35. The van der Waals surface area contributed by atoms with Crippen LogP contribution in [0.5, 0.6) is 0 Å². The van der Waals surface area contributed by atoms with Gasteiger partial charge in [0.1, 0.15) is 0 Å². The Morgan fingerprint density at radius 1 is 1.20 bits per heavy atom. The molecule has 0 unspecified atom stereocenters. The molecule has 2 aromatic heterocycles. The third kappa shape index (κ3) is 3.51. The molecule has 30 heavy (non-hydrogen) atoms. The molecule has 2 amide bonds. The van der Waals surface area contributed by atoms with Crippen LogP contribution in [0.4, 0.5) is 11.4 Å². The van der Waals surface area contributed by atoms with Gasteiger partial charge in [-0.2, -0.15) is 5.10 Å². The lowest BCUT2D eigenvalue weighted by atomic mass is 9.80. The number of nitrogens with zero attached hydrogens (tertiary/aromatic N) is 2. The Hall–Kier alpha value is -3.35. The molecule has 4 rings (SSSR count). The molecule has 1 saturated carbocycles. The van der Waals surface area contributed by atoms with E-state index >= 15 is 0 Å². The summed E-state index contributed by atoms with van der Waals surface area (Å²) in [6.07, 6.45) is 5.34. The van der Waals surface area contributed by atoms with E-state index < -0.39 is 5.91 Å². The second-order valence-corrected chi connectivity index (χ2v) is 8.67. The maximum absolute atomic E-state index is 12.5. The summed E-state index contributed by atoms with van der Waals surface area (Å²) in [5.74, 6) is -0.174. The lowest BCUT2D eigenvalue weighted by Gasteiger charge is -2.33. The molecule has 2 atom stereocenters. The van der Waals surface area contributed by atoms with Crippen LogP contribution < -0.4 is 16.4 Å². The summed E-state index contributed by atoms with van der Waals surface area (Å²) < 4.78 is 1.65. The predicted molar refractivity (Wildman–Crippen MR) is 118 cm³/mol. The molecule has 1 aliphatic rings. The van der Waals surface area contributed by atoms with Gasteiger partial charge in [0.05, 0.1) is 34.8 Å². The summed E-state index contributed by atoms with van der Waals surface area (Å²) in [7, 11) is 0. The van der Waals surface area contributed by atoms with Crippen LogP contribution >= 0.6 is 0 Å². The first-order valence-electron chi connectivity index (χ1n) is 10.2. The van der Waals surface area contributed by atoms with Crippen molar-refractivity contribution in [3.63, 3.8) is 0 Å². The second-order valence-electron chi connectivity index (χ2n) is 8.67. The normalized spacial score (nSPS) is 20.2. The van der Waals surface area contributed by atoms with Crippen molar-refractivity contribution in [3.05, 3.63) is 59.9 Å². The Bertz CT molecular complexity index is 1100. The molecule has 1 aromatic carbocycles. The van der Waals surface area contributed by atoms with Crippen LogP contribution in [-0.2, 0) is 0 Å². The number of amides is 2. The number of rotatable bonds is 5. The second kappa shape index (κ2) is 7.48. The molecule has 0 saturated heterocycles. The van der Waals surface area contributed by atoms with Crippen molar-refractivity contribution in [2.75, 3.05) is 10.6 Å². The van der Waals surface area contributed by atoms with E-state index in [0.29, 0.717) is 33.9 Å². The number of carbonyl (C=O) groups excluding carboxylic acids is 2. The summed E-state index contributed by atoms with van der Waals surface area (Å²) in [5, 5.41) is 10.8. The Balaban J connectivity index is 1.70. The smallest absolute Gasteiger partial charge is 0.255 e. The van der Waals surface area contributed by atoms with Crippen molar-refractivity contribution < 1.29 is 9.59 Å². The van der Waals surface area contributed by atoms with Crippen LogP contribution in [0.3, 0.4) is 0 Å². The van der Waals surface area contributed by atoms with Gasteiger partial charge in [0.2, 0.25) is 0 Å². The van der Waals surface area contributed by atoms with Gasteiger partial charge < -0.3 is 16.4 Å². The topological polar surface area (TPSA) is 102 Å². The molecular formula is C23H27N5O2. The highest BCUT2D eigenvalue weighted by molar-refractivity contribution is 6.06. The molecule has 2 heterocycles. The monoisotopic (exact) mass is 405 g/mol. The van der Waals surface area contributed by atoms with E-state index in [1.165, 1.54) is 6.20 Å². The summed E-state index contributed by atoms with van der Waals surface area (Å²) >= 11 is 0. The van der Waals surface area contributed by atoms with Gasteiger partial charge in [-0.3, -0.25) is 9.59 Å². The molecule has 0 bridgehead atoms. The van der Waals surface area contributed by atoms with E-state index in [0.717, 1.165) is 12.8 Å². The minimum atomic E-state index is -0.535. The fourth-order valence-corrected chi connectivity index (χ4v) is 4.19. The van der Waals surface area contributed by atoms with E-state index in [4.69, 9.17) is 5.73 Å². The highest BCUT2D eigenvalue weighted by Crippen LogP contribution is 2.44. The van der Waals surface area contributed by atoms with E-state index in [1.807, 2.05) is 24.3 Å². The van der Waals surface area contributed by atoms with Gasteiger partial charge >= 0.3 is 0 Å². The zero-order valence-electron chi connectivity index (χ0n) is 17.5. The van der Waals surface area contributed by atoms with Crippen molar-refractivity contribution >= 4 is 28.7 Å². The third-order valence-corrected chi connectivity index (χ3v) is 6.57. The van der Waals surface area contributed by atoms with E-state index in [9.17, 15) is 9.59 Å². The van der Waals surface area contributed by atoms with Gasteiger partial charge in [0.25, 0.3) is 11.8 Å². The van der Waals surface area contributed by atoms with Crippen molar-refractivity contribution in [1.29, 1.82) is 0 Å². The lowest BCUT2D eigenvalue weighted by molar-refractivity contribution is 0.0997. The zero-order valence-corrected chi connectivity index (χ0v) is 17.5. The van der Waals surface area contributed by atoms with E-state index in [2.05, 4.69) is 36.5 Å². The van der Waals surface area contributed by atoms with Gasteiger partial charge in [-0.25, -0.2) is 4.52 Å². The van der Waals surface area contributed by atoms with Crippen LogP contribution in [-0.4, -0.2) is 27.5 Å². The molecule has 3 aromatic rings. The summed E-state index contributed by atoms with van der Waals surface area (Å²) in [6.45, 7) is 6.75. The Kier molecular flexibility index (Phi) is 4.97. The van der Waals surface area contributed by atoms with Crippen molar-refractivity contribution in [1.82, 2.24) is 9.61 Å². The largest absolute Gasteiger partial charge is 0.379 e. The number of nitrogens with two attached hydrogens (primary N) is 1. The van der Waals surface area contributed by atoms with Gasteiger partial charge in [0.15, 0.2) is 0 Å². The zero-order chi connectivity index (χ0) is 21.5. The minimum Gasteiger partial charge on any atom is -0.379 e. The number of anilines is 2. The van der Waals surface area contributed by atoms with Crippen LogP contribution in [0.25, 0.3) is 5.52 Å². The third-order valence-electron chi connectivity index (χ3n) is 6.57. The number of nitrogens with one attached hydrogen (secondary N) is 2. The number of hydrogen-bond donors (Lipinski definition) is 3. The van der Waals surface area contributed by atoms with E-state index in [-0.39, 0.29) is 17.4 Å². The minimum absolute atomic E-state index is 0.0755. The Labute approximate surface area is 175 Å². The molecule has 7 heteroatoms. The van der Waals surface area contributed by atoms with Crippen LogP contribution in [0, 0.1) is 11.3 Å². The molecule has 7 nitrogen and oxygen atoms in total. The molecule has 1 aliphatic carbocycles. The van der Waals surface area contributed by atoms with Crippen molar-refractivity contribution in [2.45, 2.75) is 39.7 Å². The maximum atomic E-state index is 12.5. The summed E-state index contributed by atoms with van der Waals surface area (Å²) in [4.78, 5) is 24.6. The van der Waals surface area contributed by atoms with Crippen molar-refractivity contribution in [2.24, 2.45) is 17.1 Å². The number of benzene rings is 1. The maximum Gasteiger partial charge on any atom is 0.255 e. The van der Waals surface area contributed by atoms with Gasteiger partial charge in [-0.1, -0.05) is 39.0 Å². The molecule has 0 aliphatic heterocycles. The molecule has 156 valence electrons. The van der Waals surface area contributed by atoms with Gasteiger partial charge in [0, 0.05) is 11.6 Å². The molecule has 4 N–H and O–H groups in total. The molecule has 0 spiro atoms. The molecule has 1 fully saturated rings. The fraction of sp³-hybridized carbons (Fsp3) is 0.348. The number of fused-ring (bicyclic) bond motifs is 1. The average molecular weight is 406 g/mol. The Morgan fingerprint density at radius 2 is 1.93 bits per heavy atom. The molecule has 0 radical (unpaired) electrons. The highest BCUT2D eigenvalue weighted by Gasteiger charge is 2.41. The Morgan fingerprint density at radius 3 is 2.57 bits per heavy atom. The number of primary amides is 1. The quantitative estimate of drug-likeness (QED) is 0.599. The summed E-state index contributed by atoms with van der Waals surface area (Å²) in [6, 6.07) is 11.0. The molecular weight excluding hydrogens is 378 g/mol. The fourth-order valence-electron chi connectivity index (χ4n) is 4.19. The van der Waals surface area contributed by atoms with Crippen LogP contribution in [0.2, 0.25) is 0 Å². The van der Waals surface area contributed by atoms with E-state index in [1.54, 1.807) is 22.8 Å². The number of carbonyl (C=O) groups is 2.